The van der Waals surface area contributed by atoms with Crippen LogP contribution in [0.5, 0.6) is 0 Å². The number of hydrogen-bond donors (Lipinski definition) is 1. The molecule has 0 unspecified atom stereocenters. The molecule has 0 saturated carbocycles. The fraction of sp³-hybridized carbons (Fsp3) is 0.118. The molecular formula is C17H10ClF4N3O2. The van der Waals surface area contributed by atoms with Gasteiger partial charge in [-0.3, -0.25) is 4.79 Å². The lowest BCUT2D eigenvalue weighted by molar-refractivity contribution is -0.159. The molecule has 0 aliphatic rings. The minimum Gasteiger partial charge on any atom is -0.348 e. The fourth-order valence-electron chi connectivity index (χ4n) is 2.20. The lowest BCUT2D eigenvalue weighted by atomic mass is 10.1. The predicted octanol–water partition coefficient (Wildman–Crippen LogP) is 4.48. The number of nitrogens with one attached hydrogen (secondary N) is 1. The first kappa shape index (κ1) is 18.8. The number of carbonyl (C=O) groups excluding carboxylic acids is 1. The van der Waals surface area contributed by atoms with Gasteiger partial charge in [0.2, 0.25) is 5.82 Å². The average Bonchev–Trinajstić information content (AvgIpc) is 3.11. The van der Waals surface area contributed by atoms with Gasteiger partial charge in [-0.15, -0.1) is 0 Å². The van der Waals surface area contributed by atoms with Crippen LogP contribution in [0, 0.1) is 5.82 Å². The first-order valence-electron chi connectivity index (χ1n) is 7.48. The van der Waals surface area contributed by atoms with Gasteiger partial charge in [-0.2, -0.15) is 18.2 Å². The molecule has 1 amide bonds. The lowest BCUT2D eigenvalue weighted by Crippen LogP contribution is -2.23. The Balaban J connectivity index is 1.73. The summed E-state index contributed by atoms with van der Waals surface area (Å²) in [6.07, 6.45) is -4.78. The number of rotatable bonds is 4. The Morgan fingerprint density at radius 2 is 1.93 bits per heavy atom. The lowest BCUT2D eigenvalue weighted by Gasteiger charge is -2.08. The zero-order valence-electron chi connectivity index (χ0n) is 13.3. The van der Waals surface area contributed by atoms with Crippen molar-refractivity contribution in [2.45, 2.75) is 12.7 Å². The highest BCUT2D eigenvalue weighted by molar-refractivity contribution is 6.33. The standard InChI is InChI=1S/C17H10ClF4N3O2/c18-12-4-2-1-3-11(12)15(26)23-8-10-6-5-9(7-13(10)19)14-24-16(27-25-14)17(20,21)22/h1-7H,8H2,(H,23,26). The zero-order chi connectivity index (χ0) is 19.6. The highest BCUT2D eigenvalue weighted by Crippen LogP contribution is 2.29. The summed E-state index contributed by atoms with van der Waals surface area (Å²) in [6.45, 7) is -0.143. The van der Waals surface area contributed by atoms with Crippen LogP contribution in [-0.2, 0) is 12.7 Å². The van der Waals surface area contributed by atoms with Crippen LogP contribution in [0.2, 0.25) is 5.02 Å². The average molecular weight is 400 g/mol. The summed E-state index contributed by atoms with van der Waals surface area (Å²) < 4.78 is 55.8. The van der Waals surface area contributed by atoms with Crippen molar-refractivity contribution < 1.29 is 26.9 Å². The molecule has 0 radical (unpaired) electrons. The van der Waals surface area contributed by atoms with Crippen LogP contribution < -0.4 is 5.32 Å². The molecule has 0 fully saturated rings. The van der Waals surface area contributed by atoms with E-state index in [1.54, 1.807) is 18.2 Å². The van der Waals surface area contributed by atoms with Crippen molar-refractivity contribution in [3.8, 4) is 11.4 Å². The van der Waals surface area contributed by atoms with Crippen molar-refractivity contribution >= 4 is 17.5 Å². The SMILES string of the molecule is O=C(NCc1ccc(-c2noc(C(F)(F)F)n2)cc1F)c1ccccc1Cl. The monoisotopic (exact) mass is 399 g/mol. The number of aromatic nitrogens is 2. The smallest absolute Gasteiger partial charge is 0.348 e. The van der Waals surface area contributed by atoms with E-state index in [2.05, 4.69) is 20.0 Å². The molecular weight excluding hydrogens is 390 g/mol. The second-order valence-corrected chi connectivity index (χ2v) is 5.80. The van der Waals surface area contributed by atoms with E-state index in [4.69, 9.17) is 11.6 Å². The first-order valence-corrected chi connectivity index (χ1v) is 7.86. The Morgan fingerprint density at radius 1 is 1.19 bits per heavy atom. The van der Waals surface area contributed by atoms with Gasteiger partial charge < -0.3 is 9.84 Å². The Labute approximate surface area is 155 Å². The van der Waals surface area contributed by atoms with Gasteiger partial charge in [0.05, 0.1) is 10.6 Å². The summed E-state index contributed by atoms with van der Waals surface area (Å²) in [5.74, 6) is -3.15. The Morgan fingerprint density at radius 3 is 2.56 bits per heavy atom. The van der Waals surface area contributed by atoms with Crippen LogP contribution in [0.15, 0.2) is 47.0 Å². The summed E-state index contributed by atoms with van der Waals surface area (Å²) in [5, 5.41) is 5.96. The van der Waals surface area contributed by atoms with Gasteiger partial charge in [0.25, 0.3) is 5.91 Å². The van der Waals surface area contributed by atoms with E-state index in [9.17, 15) is 22.4 Å². The van der Waals surface area contributed by atoms with E-state index >= 15 is 0 Å². The predicted molar refractivity (Wildman–Crippen MR) is 87.3 cm³/mol. The zero-order valence-corrected chi connectivity index (χ0v) is 14.1. The molecule has 0 spiro atoms. The third kappa shape index (κ3) is 4.25. The molecule has 1 N–H and O–H groups in total. The van der Waals surface area contributed by atoms with E-state index in [-0.39, 0.29) is 28.3 Å². The summed E-state index contributed by atoms with van der Waals surface area (Å²) >= 11 is 5.92. The fourth-order valence-corrected chi connectivity index (χ4v) is 2.42. The molecule has 1 aromatic heterocycles. The van der Waals surface area contributed by atoms with Crippen LogP contribution in [0.4, 0.5) is 17.6 Å². The van der Waals surface area contributed by atoms with E-state index in [1.807, 2.05) is 0 Å². The Kier molecular flexibility index (Phi) is 5.13. The Hall–Kier alpha value is -2.94. The maximum atomic E-state index is 14.2. The summed E-state index contributed by atoms with van der Waals surface area (Å²) in [6, 6.07) is 9.96. The molecule has 5 nitrogen and oxygen atoms in total. The molecule has 27 heavy (non-hydrogen) atoms. The second kappa shape index (κ2) is 7.36. The van der Waals surface area contributed by atoms with E-state index in [0.29, 0.717) is 0 Å². The molecule has 3 aromatic rings. The number of carbonyl (C=O) groups is 1. The van der Waals surface area contributed by atoms with Crippen LogP contribution >= 0.6 is 11.6 Å². The molecule has 0 aliphatic heterocycles. The van der Waals surface area contributed by atoms with E-state index in [1.165, 1.54) is 18.2 Å². The molecule has 140 valence electrons. The van der Waals surface area contributed by atoms with Crippen LogP contribution in [0.3, 0.4) is 0 Å². The van der Waals surface area contributed by atoms with E-state index < -0.39 is 29.6 Å². The second-order valence-electron chi connectivity index (χ2n) is 5.39. The number of hydrogen-bond acceptors (Lipinski definition) is 4. The largest absolute Gasteiger partial charge is 0.471 e. The highest BCUT2D eigenvalue weighted by atomic mass is 35.5. The summed E-state index contributed by atoms with van der Waals surface area (Å²) in [5.41, 5.74) is 0.370. The van der Waals surface area contributed by atoms with Gasteiger partial charge in [0.1, 0.15) is 5.82 Å². The third-order valence-corrected chi connectivity index (χ3v) is 3.87. The minimum absolute atomic E-state index is 0.00734. The van der Waals surface area contributed by atoms with Crippen molar-refractivity contribution in [2.24, 2.45) is 0 Å². The molecule has 3 rings (SSSR count). The first-order chi connectivity index (χ1) is 12.8. The van der Waals surface area contributed by atoms with Gasteiger partial charge in [-0.1, -0.05) is 41.0 Å². The van der Waals surface area contributed by atoms with Crippen LogP contribution in [-0.4, -0.2) is 16.0 Å². The number of halogens is 5. The quantitative estimate of drug-likeness (QED) is 0.657. The molecule has 1 heterocycles. The molecule has 0 saturated heterocycles. The van der Waals surface area contributed by atoms with Crippen molar-refractivity contribution in [3.63, 3.8) is 0 Å². The number of benzene rings is 2. The van der Waals surface area contributed by atoms with Gasteiger partial charge in [0.15, 0.2) is 0 Å². The normalized spacial score (nSPS) is 11.4. The van der Waals surface area contributed by atoms with Crippen molar-refractivity contribution in [1.29, 1.82) is 0 Å². The molecule has 0 atom stereocenters. The number of alkyl halides is 3. The van der Waals surface area contributed by atoms with Crippen molar-refractivity contribution in [2.75, 3.05) is 0 Å². The van der Waals surface area contributed by atoms with Crippen molar-refractivity contribution in [3.05, 3.63) is 70.3 Å². The third-order valence-electron chi connectivity index (χ3n) is 3.54. The maximum absolute atomic E-state index is 14.2. The van der Waals surface area contributed by atoms with Gasteiger partial charge in [-0.05, 0) is 18.2 Å². The summed E-state index contributed by atoms with van der Waals surface area (Å²) in [4.78, 5) is 15.3. The highest BCUT2D eigenvalue weighted by Gasteiger charge is 2.38. The van der Waals surface area contributed by atoms with Crippen molar-refractivity contribution in [1.82, 2.24) is 15.5 Å². The van der Waals surface area contributed by atoms with Gasteiger partial charge in [0, 0.05) is 17.7 Å². The summed E-state index contributed by atoms with van der Waals surface area (Å²) in [7, 11) is 0. The maximum Gasteiger partial charge on any atom is 0.471 e. The molecule has 0 bridgehead atoms. The molecule has 10 heteroatoms. The molecule has 2 aromatic carbocycles. The Bertz CT molecular complexity index is 988. The molecule has 0 aliphatic carbocycles. The number of nitrogens with zero attached hydrogens (tertiary/aromatic N) is 2. The topological polar surface area (TPSA) is 68.0 Å². The van der Waals surface area contributed by atoms with Crippen LogP contribution in [0.25, 0.3) is 11.4 Å². The van der Waals surface area contributed by atoms with Gasteiger partial charge >= 0.3 is 12.1 Å². The van der Waals surface area contributed by atoms with Gasteiger partial charge in [-0.25, -0.2) is 4.39 Å². The van der Waals surface area contributed by atoms with E-state index in [0.717, 1.165) is 6.07 Å². The number of amides is 1. The van der Waals surface area contributed by atoms with Crippen LogP contribution in [0.1, 0.15) is 21.8 Å². The minimum atomic E-state index is -4.78.